The van der Waals surface area contributed by atoms with Gasteiger partial charge in [-0.1, -0.05) is 13.3 Å². The largest absolute Gasteiger partial charge is 0.480 e. The minimum absolute atomic E-state index is 0.0431. The van der Waals surface area contributed by atoms with Crippen LogP contribution in [-0.4, -0.2) is 51.1 Å². The summed E-state index contributed by atoms with van der Waals surface area (Å²) in [7, 11) is 0. The maximum absolute atomic E-state index is 11.8. The third-order valence-electron chi connectivity index (χ3n) is 2.36. The number of thioether (sulfide) groups is 2. The molecule has 6 heteroatoms. The highest BCUT2D eigenvalue weighted by atomic mass is 32.2. The molecule has 1 aliphatic rings. The molecule has 1 saturated heterocycles. The third-order valence-corrected chi connectivity index (χ3v) is 4.40. The first-order valence-corrected chi connectivity index (χ1v) is 7.65. The number of carbonyl (C=O) groups is 2. The molecule has 1 rings (SSSR count). The molecule has 1 aliphatic heterocycles. The van der Waals surface area contributed by atoms with E-state index in [0.717, 1.165) is 18.6 Å². The summed E-state index contributed by atoms with van der Waals surface area (Å²) in [4.78, 5) is 24.1. The molecule has 0 saturated carbocycles. The van der Waals surface area contributed by atoms with E-state index in [4.69, 9.17) is 5.11 Å². The summed E-state index contributed by atoms with van der Waals surface area (Å²) >= 11 is 3.10. The third kappa shape index (κ3) is 3.90. The van der Waals surface area contributed by atoms with Crippen molar-refractivity contribution in [3.8, 4) is 0 Å². The molecule has 0 aromatic rings. The number of hydrogen-bond donors (Lipinski definition) is 1. The number of amides is 1. The van der Waals surface area contributed by atoms with Crippen LogP contribution in [-0.2, 0) is 9.59 Å². The Labute approximate surface area is 104 Å². The maximum Gasteiger partial charge on any atom is 0.327 e. The Bertz CT molecular complexity index is 260. The first kappa shape index (κ1) is 13.7. The molecule has 1 atom stereocenters. The zero-order valence-electron chi connectivity index (χ0n) is 9.35. The number of hydrogen-bond acceptors (Lipinski definition) is 4. The first-order chi connectivity index (χ1) is 7.66. The Hall–Kier alpha value is -0.360. The van der Waals surface area contributed by atoms with E-state index >= 15 is 0 Å². The minimum atomic E-state index is -0.892. The average molecular weight is 263 g/mol. The van der Waals surface area contributed by atoms with Crippen molar-refractivity contribution < 1.29 is 14.7 Å². The number of nitrogens with zero attached hydrogens (tertiary/aromatic N) is 1. The summed E-state index contributed by atoms with van der Waals surface area (Å²) in [5.41, 5.74) is 0. The Morgan fingerprint density at radius 2 is 2.31 bits per heavy atom. The van der Waals surface area contributed by atoms with Gasteiger partial charge in [0.2, 0.25) is 5.91 Å². The smallest absolute Gasteiger partial charge is 0.327 e. The lowest BCUT2D eigenvalue weighted by molar-refractivity contribution is -0.146. The van der Waals surface area contributed by atoms with Crippen molar-refractivity contribution in [1.29, 1.82) is 0 Å². The van der Waals surface area contributed by atoms with E-state index in [1.165, 1.54) is 16.7 Å². The number of carboxylic acids is 1. The van der Waals surface area contributed by atoms with Gasteiger partial charge in [-0.3, -0.25) is 4.79 Å². The van der Waals surface area contributed by atoms with E-state index in [0.29, 0.717) is 17.4 Å². The van der Waals surface area contributed by atoms with Gasteiger partial charge in [0, 0.05) is 5.75 Å². The Morgan fingerprint density at radius 3 is 2.94 bits per heavy atom. The van der Waals surface area contributed by atoms with Crippen molar-refractivity contribution in [2.75, 3.05) is 23.1 Å². The summed E-state index contributed by atoms with van der Waals surface area (Å²) < 4.78 is 0. The fourth-order valence-electron chi connectivity index (χ4n) is 1.38. The van der Waals surface area contributed by atoms with Gasteiger partial charge in [0.25, 0.3) is 0 Å². The summed E-state index contributed by atoms with van der Waals surface area (Å²) in [5, 5.41) is 8.93. The van der Waals surface area contributed by atoms with Crippen LogP contribution < -0.4 is 0 Å². The average Bonchev–Trinajstić information content (AvgIpc) is 2.73. The van der Waals surface area contributed by atoms with E-state index in [1.54, 1.807) is 11.8 Å². The van der Waals surface area contributed by atoms with Gasteiger partial charge in [0.1, 0.15) is 6.04 Å². The monoisotopic (exact) mass is 263 g/mol. The van der Waals surface area contributed by atoms with Crippen molar-refractivity contribution in [3.63, 3.8) is 0 Å². The first-order valence-electron chi connectivity index (χ1n) is 5.34. The molecule has 0 aliphatic carbocycles. The number of unbranched alkanes of at least 4 members (excludes halogenated alkanes) is 1. The lowest BCUT2D eigenvalue weighted by atomic mass is 10.3. The number of carboxylic acid groups (broad SMARTS) is 1. The van der Waals surface area contributed by atoms with Crippen LogP contribution in [0.2, 0.25) is 0 Å². The van der Waals surface area contributed by atoms with E-state index in [1.807, 2.05) is 0 Å². The number of carbonyl (C=O) groups excluding carboxylic acids is 1. The van der Waals surface area contributed by atoms with E-state index in [9.17, 15) is 9.59 Å². The van der Waals surface area contributed by atoms with Gasteiger partial charge in [0.15, 0.2) is 0 Å². The normalized spacial score (nSPS) is 20.1. The second-order valence-corrected chi connectivity index (χ2v) is 5.73. The zero-order chi connectivity index (χ0) is 12.0. The predicted octanol–water partition coefficient (Wildman–Crippen LogP) is 1.51. The van der Waals surface area contributed by atoms with Gasteiger partial charge in [-0.2, -0.15) is 11.8 Å². The summed E-state index contributed by atoms with van der Waals surface area (Å²) in [6, 6.07) is -0.621. The van der Waals surface area contributed by atoms with Gasteiger partial charge in [-0.05, 0) is 12.2 Å². The topological polar surface area (TPSA) is 57.6 Å². The Morgan fingerprint density at radius 1 is 1.56 bits per heavy atom. The Balaban J connectivity index is 2.32. The summed E-state index contributed by atoms with van der Waals surface area (Å²) in [6.07, 6.45) is 2.23. The molecule has 0 unspecified atom stereocenters. The summed E-state index contributed by atoms with van der Waals surface area (Å²) in [6.45, 7) is 2.11. The SMILES string of the molecule is CCCCSCC(=O)N1CSC[C@H]1C(=O)O. The molecule has 4 nitrogen and oxygen atoms in total. The molecular formula is C10H17NO3S2. The van der Waals surface area contributed by atoms with Crippen molar-refractivity contribution in [2.45, 2.75) is 25.8 Å². The molecule has 0 aromatic heterocycles. The molecule has 1 N–H and O–H groups in total. The van der Waals surface area contributed by atoms with E-state index in [-0.39, 0.29) is 5.91 Å². The zero-order valence-corrected chi connectivity index (χ0v) is 11.0. The quantitative estimate of drug-likeness (QED) is 0.736. The van der Waals surface area contributed by atoms with Crippen LogP contribution in [0.25, 0.3) is 0 Å². The predicted molar refractivity (Wildman–Crippen MR) is 67.8 cm³/mol. The van der Waals surface area contributed by atoms with Crippen LogP contribution >= 0.6 is 23.5 Å². The van der Waals surface area contributed by atoms with Gasteiger partial charge in [-0.25, -0.2) is 4.79 Å². The highest BCUT2D eigenvalue weighted by Gasteiger charge is 2.34. The lowest BCUT2D eigenvalue weighted by Gasteiger charge is -2.20. The molecule has 1 heterocycles. The van der Waals surface area contributed by atoms with Crippen LogP contribution in [0.4, 0.5) is 0 Å². The van der Waals surface area contributed by atoms with Gasteiger partial charge < -0.3 is 10.0 Å². The van der Waals surface area contributed by atoms with Crippen molar-refractivity contribution in [2.24, 2.45) is 0 Å². The molecule has 1 fully saturated rings. The lowest BCUT2D eigenvalue weighted by Crippen LogP contribution is -2.42. The highest BCUT2D eigenvalue weighted by Crippen LogP contribution is 2.22. The van der Waals surface area contributed by atoms with Gasteiger partial charge in [0.05, 0.1) is 11.6 Å². The van der Waals surface area contributed by atoms with Crippen LogP contribution in [0.15, 0.2) is 0 Å². The number of aliphatic carboxylic acids is 1. The highest BCUT2D eigenvalue weighted by molar-refractivity contribution is 8.00. The van der Waals surface area contributed by atoms with Crippen LogP contribution in [0.3, 0.4) is 0 Å². The van der Waals surface area contributed by atoms with Crippen LogP contribution in [0.1, 0.15) is 19.8 Å². The molecule has 1 amide bonds. The summed E-state index contributed by atoms with van der Waals surface area (Å²) in [5.74, 6) is 1.48. The fourth-order valence-corrected chi connectivity index (χ4v) is 3.53. The second-order valence-electron chi connectivity index (χ2n) is 3.62. The molecule has 92 valence electrons. The van der Waals surface area contributed by atoms with E-state index in [2.05, 4.69) is 6.92 Å². The maximum atomic E-state index is 11.8. The molecule has 0 spiro atoms. The van der Waals surface area contributed by atoms with Crippen molar-refractivity contribution >= 4 is 35.4 Å². The molecule has 16 heavy (non-hydrogen) atoms. The molecule has 0 radical (unpaired) electrons. The van der Waals surface area contributed by atoms with Crippen LogP contribution in [0, 0.1) is 0 Å². The molecule has 0 bridgehead atoms. The number of rotatable bonds is 6. The fraction of sp³-hybridized carbons (Fsp3) is 0.800. The van der Waals surface area contributed by atoms with E-state index < -0.39 is 12.0 Å². The van der Waals surface area contributed by atoms with Crippen molar-refractivity contribution in [3.05, 3.63) is 0 Å². The minimum Gasteiger partial charge on any atom is -0.480 e. The standard InChI is InChI=1S/C10H17NO3S2/c1-2-3-4-15-6-9(12)11-7-16-5-8(11)10(13)14/h8H,2-7H2,1H3,(H,13,14)/t8-/m0/s1. The van der Waals surface area contributed by atoms with Crippen molar-refractivity contribution in [1.82, 2.24) is 4.90 Å². The second kappa shape index (κ2) is 7.06. The molecular weight excluding hydrogens is 246 g/mol. The van der Waals surface area contributed by atoms with Crippen LogP contribution in [0.5, 0.6) is 0 Å². The van der Waals surface area contributed by atoms with Gasteiger partial charge >= 0.3 is 5.97 Å². The Kier molecular flexibility index (Phi) is 6.05. The molecule has 0 aromatic carbocycles. The van der Waals surface area contributed by atoms with Gasteiger partial charge in [-0.15, -0.1) is 11.8 Å².